The third-order valence-corrected chi connectivity index (χ3v) is 11.3. The summed E-state index contributed by atoms with van der Waals surface area (Å²) in [6.45, 7) is 0. The highest BCUT2D eigenvalue weighted by atomic mass is 15.2. The van der Waals surface area contributed by atoms with E-state index in [1.165, 1.54) is 65.7 Å². The van der Waals surface area contributed by atoms with Crippen LogP contribution >= 0.6 is 0 Å². The number of fused-ring (bicyclic) bond motifs is 8. The maximum Gasteiger partial charge on any atom is 0.146 e. The molecule has 0 fully saturated rings. The predicted octanol–water partition coefficient (Wildman–Crippen LogP) is 14.7. The highest BCUT2D eigenvalue weighted by Crippen LogP contribution is 2.50. The van der Waals surface area contributed by atoms with Crippen molar-refractivity contribution in [2.45, 2.75) is 0 Å². The molecule has 0 atom stereocenters. The zero-order chi connectivity index (χ0) is 37.7. The lowest BCUT2D eigenvalue weighted by atomic mass is 9.81. The van der Waals surface area contributed by atoms with Crippen LogP contribution in [0.25, 0.3) is 87.2 Å². The highest BCUT2D eigenvalue weighted by molar-refractivity contribution is 6.33. The van der Waals surface area contributed by atoms with Crippen LogP contribution in [0.1, 0.15) is 0 Å². The van der Waals surface area contributed by atoms with Gasteiger partial charge in [-0.05, 0) is 107 Å². The van der Waals surface area contributed by atoms with Crippen LogP contribution in [0, 0.1) is 0 Å². The lowest BCUT2D eigenvalue weighted by Gasteiger charge is -2.27. The van der Waals surface area contributed by atoms with Gasteiger partial charge < -0.3 is 0 Å². The molecule has 266 valence electrons. The molecular weight excluding hydrogens is 691 g/mol. The number of anilines is 3. The largest absolute Gasteiger partial charge is 0.278 e. The van der Waals surface area contributed by atoms with Crippen molar-refractivity contribution in [3.8, 4) is 33.4 Å². The number of pyridine rings is 2. The summed E-state index contributed by atoms with van der Waals surface area (Å²) in [5.41, 5.74) is 8.19. The SMILES string of the molecule is c1ccc(-c2cc(-c3ccccc3)c3c4ccccc4c4cc(N(c5nccc6ccccc56)c5nccc6ccccc56)ccc4c3c2-c2ccccc2)cc1. The topological polar surface area (TPSA) is 29.0 Å². The molecule has 3 nitrogen and oxygen atoms in total. The van der Waals surface area contributed by atoms with E-state index in [4.69, 9.17) is 9.97 Å². The fourth-order valence-electron chi connectivity index (χ4n) is 8.78. The summed E-state index contributed by atoms with van der Waals surface area (Å²) in [7, 11) is 0. The van der Waals surface area contributed by atoms with Crippen molar-refractivity contribution in [3.63, 3.8) is 0 Å². The van der Waals surface area contributed by atoms with Crippen LogP contribution in [0.3, 0.4) is 0 Å². The van der Waals surface area contributed by atoms with Crippen molar-refractivity contribution in [2.75, 3.05) is 4.90 Å². The lowest BCUT2D eigenvalue weighted by Crippen LogP contribution is -2.14. The molecule has 57 heavy (non-hydrogen) atoms. The van der Waals surface area contributed by atoms with Crippen LogP contribution < -0.4 is 4.90 Å². The molecular formula is C54H35N3. The van der Waals surface area contributed by atoms with E-state index in [-0.39, 0.29) is 0 Å². The monoisotopic (exact) mass is 725 g/mol. The average molecular weight is 726 g/mol. The van der Waals surface area contributed by atoms with Crippen LogP contribution in [-0.4, -0.2) is 9.97 Å². The molecule has 0 saturated heterocycles. The summed E-state index contributed by atoms with van der Waals surface area (Å²) in [4.78, 5) is 12.4. The first-order valence-electron chi connectivity index (χ1n) is 19.4. The van der Waals surface area contributed by atoms with E-state index >= 15 is 0 Å². The smallest absolute Gasteiger partial charge is 0.146 e. The van der Waals surface area contributed by atoms with E-state index in [0.717, 1.165) is 38.9 Å². The van der Waals surface area contributed by atoms with Crippen molar-refractivity contribution >= 4 is 71.2 Å². The zero-order valence-electron chi connectivity index (χ0n) is 31.0. The molecule has 0 aliphatic heterocycles. The highest BCUT2D eigenvalue weighted by Gasteiger charge is 2.24. The Bertz CT molecular complexity index is 3200. The molecule has 9 aromatic carbocycles. The molecule has 11 aromatic rings. The minimum absolute atomic E-state index is 0.837. The third kappa shape index (κ3) is 5.43. The van der Waals surface area contributed by atoms with Gasteiger partial charge in [0.25, 0.3) is 0 Å². The van der Waals surface area contributed by atoms with Gasteiger partial charge in [-0.2, -0.15) is 0 Å². The van der Waals surface area contributed by atoms with Crippen LogP contribution in [0.15, 0.2) is 213 Å². The van der Waals surface area contributed by atoms with Crippen molar-refractivity contribution in [2.24, 2.45) is 0 Å². The molecule has 0 amide bonds. The maximum absolute atomic E-state index is 5.09. The summed E-state index contributed by atoms with van der Waals surface area (Å²) in [6.07, 6.45) is 3.81. The van der Waals surface area contributed by atoms with Gasteiger partial charge in [0, 0.05) is 28.9 Å². The second-order valence-electron chi connectivity index (χ2n) is 14.5. The summed E-state index contributed by atoms with van der Waals surface area (Å²) in [5.74, 6) is 1.67. The van der Waals surface area contributed by atoms with Crippen molar-refractivity contribution in [1.82, 2.24) is 9.97 Å². The average Bonchev–Trinajstić information content (AvgIpc) is 3.29. The Labute approximate surface area is 330 Å². The lowest BCUT2D eigenvalue weighted by molar-refractivity contribution is 1.15. The van der Waals surface area contributed by atoms with Gasteiger partial charge in [-0.3, -0.25) is 4.90 Å². The van der Waals surface area contributed by atoms with Crippen LogP contribution in [-0.2, 0) is 0 Å². The van der Waals surface area contributed by atoms with E-state index in [1.54, 1.807) is 0 Å². The van der Waals surface area contributed by atoms with Gasteiger partial charge in [-0.1, -0.05) is 170 Å². The predicted molar refractivity (Wildman–Crippen MR) is 241 cm³/mol. The summed E-state index contributed by atoms with van der Waals surface area (Å²) < 4.78 is 0. The Balaban J connectivity index is 1.31. The fraction of sp³-hybridized carbons (Fsp3) is 0. The summed E-state index contributed by atoms with van der Waals surface area (Å²) in [6, 6.07) is 71.9. The minimum Gasteiger partial charge on any atom is -0.278 e. The van der Waals surface area contributed by atoms with Gasteiger partial charge in [-0.15, -0.1) is 0 Å². The standard InChI is InChI=1S/C54H35N3/c1-4-16-36(17-5-1)47-35-48(37-18-6-2-7-19-37)51-45-27-15-14-26-44(45)49-34-41(28-29-46(49)52(51)50(47)40-22-8-3-9-23-40)57(53-42-24-12-10-20-38(42)30-32-55-53)54-43-25-13-11-21-39(43)31-33-56-54/h1-35H. The van der Waals surface area contributed by atoms with Gasteiger partial charge in [0.1, 0.15) is 11.6 Å². The van der Waals surface area contributed by atoms with Gasteiger partial charge in [0.05, 0.1) is 0 Å². The van der Waals surface area contributed by atoms with E-state index in [1.807, 2.05) is 12.4 Å². The van der Waals surface area contributed by atoms with Gasteiger partial charge in [0.2, 0.25) is 0 Å². The molecule has 3 heteroatoms. The minimum atomic E-state index is 0.837. The zero-order valence-corrected chi connectivity index (χ0v) is 31.0. The van der Waals surface area contributed by atoms with Gasteiger partial charge in [-0.25, -0.2) is 9.97 Å². The third-order valence-electron chi connectivity index (χ3n) is 11.3. The number of nitrogens with zero attached hydrogens (tertiary/aromatic N) is 3. The molecule has 0 aliphatic carbocycles. The molecule has 0 N–H and O–H groups in total. The van der Waals surface area contributed by atoms with Crippen molar-refractivity contribution < 1.29 is 0 Å². The van der Waals surface area contributed by atoms with E-state index in [2.05, 4.69) is 205 Å². The van der Waals surface area contributed by atoms with Gasteiger partial charge in [0.15, 0.2) is 0 Å². The quantitative estimate of drug-likeness (QED) is 0.160. The van der Waals surface area contributed by atoms with Crippen LogP contribution in [0.4, 0.5) is 17.3 Å². The van der Waals surface area contributed by atoms with Crippen molar-refractivity contribution in [3.05, 3.63) is 213 Å². The molecule has 0 saturated carbocycles. The van der Waals surface area contributed by atoms with E-state index in [0.29, 0.717) is 0 Å². The second kappa shape index (κ2) is 13.6. The Kier molecular flexibility index (Phi) is 7.82. The molecule has 11 rings (SSSR count). The Morgan fingerprint density at radius 1 is 0.316 bits per heavy atom. The molecule has 2 aromatic heterocycles. The normalized spacial score (nSPS) is 11.5. The fourth-order valence-corrected chi connectivity index (χ4v) is 8.78. The Hall–Kier alpha value is -7.62. The summed E-state index contributed by atoms with van der Waals surface area (Å²) >= 11 is 0. The van der Waals surface area contributed by atoms with Gasteiger partial charge >= 0.3 is 0 Å². The molecule has 0 bridgehead atoms. The molecule has 0 radical (unpaired) electrons. The number of aromatic nitrogens is 2. The number of rotatable bonds is 6. The first-order chi connectivity index (χ1) is 28.3. The van der Waals surface area contributed by atoms with Crippen LogP contribution in [0.5, 0.6) is 0 Å². The Morgan fingerprint density at radius 3 is 1.39 bits per heavy atom. The first-order valence-corrected chi connectivity index (χ1v) is 19.4. The molecule has 0 spiro atoms. The first kappa shape index (κ1) is 32.8. The molecule has 0 aliphatic rings. The molecule has 0 unspecified atom stereocenters. The number of hydrogen-bond acceptors (Lipinski definition) is 3. The maximum atomic E-state index is 5.09. The van der Waals surface area contributed by atoms with E-state index in [9.17, 15) is 0 Å². The van der Waals surface area contributed by atoms with Crippen LogP contribution in [0.2, 0.25) is 0 Å². The molecule has 2 heterocycles. The van der Waals surface area contributed by atoms with E-state index < -0.39 is 0 Å². The number of benzene rings is 9. The van der Waals surface area contributed by atoms with Crippen molar-refractivity contribution in [1.29, 1.82) is 0 Å². The number of hydrogen-bond donors (Lipinski definition) is 0. The summed E-state index contributed by atoms with van der Waals surface area (Å²) in [5, 5.41) is 11.6. The Morgan fingerprint density at radius 2 is 0.789 bits per heavy atom. The second-order valence-corrected chi connectivity index (χ2v) is 14.5.